The van der Waals surface area contributed by atoms with E-state index in [1.165, 1.54) is 6.07 Å². The van der Waals surface area contributed by atoms with Crippen molar-refractivity contribution in [1.82, 2.24) is 5.32 Å². The quantitative estimate of drug-likeness (QED) is 0.633. The molecule has 0 aliphatic heterocycles. The fourth-order valence-corrected chi connectivity index (χ4v) is 2.39. The first kappa shape index (κ1) is 17.5. The minimum absolute atomic E-state index is 0.0149. The maximum Gasteiger partial charge on any atom is 0.339 e. The van der Waals surface area contributed by atoms with Gasteiger partial charge in [-0.25, -0.2) is 9.59 Å². The third kappa shape index (κ3) is 4.21. The molecule has 3 rings (SSSR count). The largest absolute Gasteiger partial charge is 0.478 e. The highest BCUT2D eigenvalue weighted by atomic mass is 16.4. The van der Waals surface area contributed by atoms with Crippen molar-refractivity contribution in [3.63, 3.8) is 0 Å². The number of furan rings is 1. The Balaban J connectivity index is 1.62. The molecule has 0 saturated heterocycles. The second kappa shape index (κ2) is 7.30. The number of anilines is 2. The van der Waals surface area contributed by atoms with Crippen molar-refractivity contribution in [2.45, 2.75) is 32.2 Å². The molecule has 4 N–H and O–H groups in total. The molecule has 8 heteroatoms. The van der Waals surface area contributed by atoms with Gasteiger partial charge in [0.15, 0.2) is 5.76 Å². The molecule has 0 bridgehead atoms. The van der Waals surface area contributed by atoms with Crippen molar-refractivity contribution in [3.8, 4) is 0 Å². The van der Waals surface area contributed by atoms with E-state index in [-0.39, 0.29) is 29.2 Å². The molecule has 0 atom stereocenters. The summed E-state index contributed by atoms with van der Waals surface area (Å²) >= 11 is 0. The number of carbonyl (C=O) groups excluding carboxylic acids is 2. The number of hydrogen-bond acceptors (Lipinski definition) is 4. The molecule has 1 aromatic carbocycles. The first-order valence-electron chi connectivity index (χ1n) is 8.31. The molecule has 26 heavy (non-hydrogen) atoms. The van der Waals surface area contributed by atoms with Gasteiger partial charge in [-0.3, -0.25) is 4.79 Å². The molecule has 1 saturated carbocycles. The van der Waals surface area contributed by atoms with Gasteiger partial charge in [-0.1, -0.05) is 6.92 Å². The van der Waals surface area contributed by atoms with Gasteiger partial charge in [0.2, 0.25) is 0 Å². The number of carboxylic acid groups (broad SMARTS) is 1. The van der Waals surface area contributed by atoms with Crippen LogP contribution in [0.1, 0.15) is 46.4 Å². The van der Waals surface area contributed by atoms with Crippen molar-refractivity contribution in [3.05, 3.63) is 47.4 Å². The van der Waals surface area contributed by atoms with Gasteiger partial charge >= 0.3 is 12.0 Å². The minimum atomic E-state index is -1.13. The summed E-state index contributed by atoms with van der Waals surface area (Å²) in [5.74, 6) is -1.49. The lowest BCUT2D eigenvalue weighted by atomic mass is 10.2. The summed E-state index contributed by atoms with van der Waals surface area (Å²) in [5, 5.41) is 17.3. The first-order valence-corrected chi connectivity index (χ1v) is 8.31. The Hall–Kier alpha value is -3.29. The van der Waals surface area contributed by atoms with Crippen LogP contribution in [0.15, 0.2) is 34.7 Å². The van der Waals surface area contributed by atoms with Gasteiger partial charge in [0.05, 0.1) is 0 Å². The van der Waals surface area contributed by atoms with Crippen molar-refractivity contribution in [2.75, 3.05) is 10.6 Å². The number of carbonyl (C=O) groups is 3. The summed E-state index contributed by atoms with van der Waals surface area (Å²) in [7, 11) is 0. The van der Waals surface area contributed by atoms with Gasteiger partial charge in [-0.15, -0.1) is 0 Å². The Morgan fingerprint density at radius 1 is 1.12 bits per heavy atom. The van der Waals surface area contributed by atoms with E-state index in [2.05, 4.69) is 16.0 Å². The zero-order valence-electron chi connectivity index (χ0n) is 14.2. The molecule has 1 aliphatic carbocycles. The van der Waals surface area contributed by atoms with E-state index in [9.17, 15) is 14.4 Å². The molecule has 0 radical (unpaired) electrons. The number of benzene rings is 1. The number of nitrogens with one attached hydrogen (secondary N) is 3. The zero-order chi connectivity index (χ0) is 18.7. The van der Waals surface area contributed by atoms with Crippen molar-refractivity contribution >= 4 is 29.3 Å². The highest BCUT2D eigenvalue weighted by Crippen LogP contribution is 2.20. The molecular weight excluding hydrogens is 338 g/mol. The van der Waals surface area contributed by atoms with E-state index in [0.29, 0.717) is 17.8 Å². The van der Waals surface area contributed by atoms with Crippen LogP contribution in [0.2, 0.25) is 0 Å². The van der Waals surface area contributed by atoms with E-state index >= 15 is 0 Å². The maximum atomic E-state index is 12.2. The average molecular weight is 357 g/mol. The average Bonchev–Trinajstić information content (AvgIpc) is 3.30. The van der Waals surface area contributed by atoms with Gasteiger partial charge in [0, 0.05) is 29.9 Å². The lowest BCUT2D eigenvalue weighted by Gasteiger charge is -2.08. The highest BCUT2D eigenvalue weighted by Gasteiger charge is 2.23. The van der Waals surface area contributed by atoms with Crippen LogP contribution >= 0.6 is 0 Å². The molecule has 136 valence electrons. The molecule has 8 nitrogen and oxygen atoms in total. The molecule has 1 fully saturated rings. The lowest BCUT2D eigenvalue weighted by Crippen LogP contribution is -2.30. The van der Waals surface area contributed by atoms with Gasteiger partial charge in [0.1, 0.15) is 11.3 Å². The van der Waals surface area contributed by atoms with E-state index in [1.807, 2.05) is 0 Å². The first-order chi connectivity index (χ1) is 12.5. The highest BCUT2D eigenvalue weighted by molar-refractivity contribution is 6.04. The van der Waals surface area contributed by atoms with E-state index < -0.39 is 11.9 Å². The normalized spacial score (nSPS) is 13.1. The van der Waals surface area contributed by atoms with Crippen LogP contribution < -0.4 is 16.0 Å². The minimum Gasteiger partial charge on any atom is -0.478 e. The topological polar surface area (TPSA) is 121 Å². The van der Waals surface area contributed by atoms with Crippen LogP contribution in [0.5, 0.6) is 0 Å². The summed E-state index contributed by atoms with van der Waals surface area (Å²) in [5.41, 5.74) is 1.08. The number of aromatic carboxylic acids is 1. The third-order valence-electron chi connectivity index (χ3n) is 3.90. The number of aryl methyl sites for hydroxylation is 1. The van der Waals surface area contributed by atoms with Crippen molar-refractivity contribution in [1.29, 1.82) is 0 Å². The standard InChI is InChI=1S/C18H19N3O5/c1-2-14-13(17(23)24)9-15(26-14)16(22)19-10-3-5-11(6-4-10)20-18(25)21-12-7-8-12/h3-6,9,12H,2,7-8H2,1H3,(H,19,22)(H,23,24)(H2,20,21,25). The third-order valence-corrected chi connectivity index (χ3v) is 3.90. The van der Waals surface area contributed by atoms with Crippen LogP contribution in [0, 0.1) is 0 Å². The van der Waals surface area contributed by atoms with Gasteiger partial charge in [0.25, 0.3) is 5.91 Å². The molecule has 1 aliphatic rings. The van der Waals surface area contributed by atoms with Crippen molar-refractivity contribution in [2.24, 2.45) is 0 Å². The number of amides is 3. The Bertz CT molecular complexity index is 837. The van der Waals surface area contributed by atoms with E-state index in [1.54, 1.807) is 31.2 Å². The molecule has 1 heterocycles. The van der Waals surface area contributed by atoms with Crippen LogP contribution in [-0.2, 0) is 6.42 Å². The van der Waals surface area contributed by atoms with E-state index in [4.69, 9.17) is 9.52 Å². The maximum absolute atomic E-state index is 12.2. The van der Waals surface area contributed by atoms with Gasteiger partial charge < -0.3 is 25.5 Å². The summed E-state index contributed by atoms with van der Waals surface area (Å²) in [4.78, 5) is 35.0. The predicted molar refractivity (Wildman–Crippen MR) is 94.6 cm³/mol. The predicted octanol–water partition coefficient (Wildman–Crippen LogP) is 3.08. The van der Waals surface area contributed by atoms with Crippen molar-refractivity contribution < 1.29 is 23.9 Å². The fraction of sp³-hybridized carbons (Fsp3) is 0.278. The van der Waals surface area contributed by atoms with Gasteiger partial charge in [-0.05, 0) is 37.1 Å². The summed E-state index contributed by atoms with van der Waals surface area (Å²) < 4.78 is 5.32. The second-order valence-electron chi connectivity index (χ2n) is 6.01. The summed E-state index contributed by atoms with van der Waals surface area (Å²) in [6.07, 6.45) is 2.39. The Morgan fingerprint density at radius 2 is 1.73 bits per heavy atom. The Kier molecular flexibility index (Phi) is 4.92. The smallest absolute Gasteiger partial charge is 0.339 e. The number of carboxylic acids is 1. The van der Waals surface area contributed by atoms with Gasteiger partial charge in [-0.2, -0.15) is 0 Å². The van der Waals surface area contributed by atoms with Crippen LogP contribution in [0.25, 0.3) is 0 Å². The monoisotopic (exact) mass is 357 g/mol. The van der Waals surface area contributed by atoms with Crippen LogP contribution in [0.3, 0.4) is 0 Å². The lowest BCUT2D eigenvalue weighted by molar-refractivity contribution is 0.0694. The SMILES string of the molecule is CCc1oc(C(=O)Nc2ccc(NC(=O)NC3CC3)cc2)cc1C(=O)O. The molecular formula is C18H19N3O5. The molecule has 1 aromatic heterocycles. The van der Waals surface area contributed by atoms with Crippen LogP contribution in [-0.4, -0.2) is 29.1 Å². The molecule has 0 spiro atoms. The van der Waals surface area contributed by atoms with Crippen LogP contribution in [0.4, 0.5) is 16.2 Å². The Morgan fingerprint density at radius 3 is 2.23 bits per heavy atom. The Labute approximate surface area is 149 Å². The molecule has 0 unspecified atom stereocenters. The fourth-order valence-electron chi connectivity index (χ4n) is 2.39. The second-order valence-corrected chi connectivity index (χ2v) is 6.01. The summed E-state index contributed by atoms with van der Waals surface area (Å²) in [6.45, 7) is 1.75. The number of urea groups is 1. The zero-order valence-corrected chi connectivity index (χ0v) is 14.2. The number of hydrogen-bond donors (Lipinski definition) is 4. The molecule has 2 aromatic rings. The molecule has 3 amide bonds. The number of rotatable bonds is 6. The summed E-state index contributed by atoms with van der Waals surface area (Å²) in [6, 6.07) is 7.81. The van der Waals surface area contributed by atoms with E-state index in [0.717, 1.165) is 12.8 Å².